The highest BCUT2D eigenvalue weighted by Crippen LogP contribution is 2.46. The summed E-state index contributed by atoms with van der Waals surface area (Å²) in [7, 11) is 0. The van der Waals surface area contributed by atoms with Crippen molar-refractivity contribution in [1.82, 2.24) is 0 Å². The molecule has 0 unspecified atom stereocenters. The van der Waals surface area contributed by atoms with E-state index in [-0.39, 0.29) is 0 Å². The molecule has 0 saturated heterocycles. The van der Waals surface area contributed by atoms with Crippen molar-refractivity contribution in [1.29, 1.82) is 0 Å². The molecule has 0 radical (unpaired) electrons. The Balaban J connectivity index is 1.55. The summed E-state index contributed by atoms with van der Waals surface area (Å²) in [6.45, 7) is 8.89. The first-order valence-electron chi connectivity index (χ1n) is 12.1. The van der Waals surface area contributed by atoms with Crippen molar-refractivity contribution in [3.8, 4) is 0 Å². The van der Waals surface area contributed by atoms with E-state index in [0.29, 0.717) is 29.5 Å². The molecule has 2 fully saturated rings. The van der Waals surface area contributed by atoms with Crippen LogP contribution in [-0.2, 0) is 4.79 Å². The van der Waals surface area contributed by atoms with Crippen LogP contribution in [0.25, 0.3) is 0 Å². The molecular weight excluding hydrogens is 364 g/mol. The minimum atomic E-state index is 0.409. The van der Waals surface area contributed by atoms with Gasteiger partial charge in [-0.05, 0) is 110 Å². The van der Waals surface area contributed by atoms with Gasteiger partial charge in [0.05, 0.1) is 0 Å². The third-order valence-electron chi connectivity index (χ3n) is 8.42. The molecule has 2 saturated carbocycles. The van der Waals surface area contributed by atoms with Crippen molar-refractivity contribution in [3.05, 3.63) is 69.8 Å². The first kappa shape index (κ1) is 21.3. The molecular formula is C29H38O. The van der Waals surface area contributed by atoms with E-state index in [9.17, 15) is 4.79 Å². The second-order valence-electron chi connectivity index (χ2n) is 10.1. The number of aryl methyl sites for hydroxylation is 2. The Morgan fingerprint density at radius 2 is 1.13 bits per heavy atom. The zero-order valence-corrected chi connectivity index (χ0v) is 19.3. The molecule has 0 amide bonds. The van der Waals surface area contributed by atoms with E-state index >= 15 is 0 Å². The number of ketones is 1. The summed E-state index contributed by atoms with van der Waals surface area (Å²) in [6.07, 6.45) is 9.25. The number of hydrogen-bond acceptors (Lipinski definition) is 1. The Morgan fingerprint density at radius 3 is 1.47 bits per heavy atom. The molecule has 1 heteroatoms. The lowest BCUT2D eigenvalue weighted by Gasteiger charge is -2.37. The molecule has 2 aliphatic rings. The molecule has 0 heterocycles. The van der Waals surface area contributed by atoms with Crippen LogP contribution >= 0.6 is 0 Å². The van der Waals surface area contributed by atoms with E-state index in [4.69, 9.17) is 0 Å². The molecule has 0 spiro atoms. The Morgan fingerprint density at radius 1 is 0.733 bits per heavy atom. The second kappa shape index (κ2) is 9.08. The van der Waals surface area contributed by atoms with Crippen LogP contribution in [0.1, 0.15) is 96.6 Å². The van der Waals surface area contributed by atoms with E-state index < -0.39 is 0 Å². The van der Waals surface area contributed by atoms with Crippen LogP contribution < -0.4 is 0 Å². The minimum Gasteiger partial charge on any atom is -0.300 e. The molecule has 2 aromatic rings. The van der Waals surface area contributed by atoms with Crippen molar-refractivity contribution in [3.63, 3.8) is 0 Å². The number of carbonyl (C=O) groups is 1. The summed E-state index contributed by atoms with van der Waals surface area (Å²) in [4.78, 5) is 13.5. The lowest BCUT2D eigenvalue weighted by atomic mass is 9.67. The fourth-order valence-electron chi connectivity index (χ4n) is 5.67. The molecule has 160 valence electrons. The summed E-state index contributed by atoms with van der Waals surface area (Å²) < 4.78 is 0. The first-order chi connectivity index (χ1) is 14.5. The number of carbonyl (C=O) groups excluding carboxylic acids is 1. The molecule has 2 atom stereocenters. The smallest absolute Gasteiger partial charge is 0.134 e. The maximum Gasteiger partial charge on any atom is 0.134 e. The Hall–Kier alpha value is -1.89. The van der Waals surface area contributed by atoms with Gasteiger partial charge in [0, 0.05) is 12.8 Å². The van der Waals surface area contributed by atoms with E-state index in [1.165, 1.54) is 71.9 Å². The van der Waals surface area contributed by atoms with Crippen LogP contribution in [0.5, 0.6) is 0 Å². The average Bonchev–Trinajstić information content (AvgIpc) is 2.62. The molecule has 0 aromatic heterocycles. The SMILES string of the molecule is Cc1cccc([C@@H](CC(=O)C[C@@H](c2cccc(C)c2C)C2CCC2)C2CCC2)c1C. The molecule has 2 aliphatic carbocycles. The Labute approximate surface area is 183 Å². The van der Waals surface area contributed by atoms with Crippen LogP contribution in [-0.4, -0.2) is 5.78 Å². The molecule has 0 bridgehead atoms. The van der Waals surface area contributed by atoms with Gasteiger partial charge in [0.1, 0.15) is 5.78 Å². The monoisotopic (exact) mass is 402 g/mol. The largest absolute Gasteiger partial charge is 0.300 e. The molecule has 0 N–H and O–H groups in total. The van der Waals surface area contributed by atoms with Gasteiger partial charge in [-0.1, -0.05) is 49.2 Å². The summed E-state index contributed by atoms with van der Waals surface area (Å²) in [5, 5.41) is 0. The van der Waals surface area contributed by atoms with Gasteiger partial charge in [0.2, 0.25) is 0 Å². The van der Waals surface area contributed by atoms with Gasteiger partial charge in [-0.3, -0.25) is 4.79 Å². The molecule has 0 aliphatic heterocycles. The molecule has 30 heavy (non-hydrogen) atoms. The van der Waals surface area contributed by atoms with Gasteiger partial charge in [-0.25, -0.2) is 0 Å². The van der Waals surface area contributed by atoms with Crippen LogP contribution in [0.3, 0.4) is 0 Å². The first-order valence-corrected chi connectivity index (χ1v) is 12.1. The predicted octanol–water partition coefficient (Wildman–Crippen LogP) is 7.74. The van der Waals surface area contributed by atoms with Gasteiger partial charge in [0.25, 0.3) is 0 Å². The van der Waals surface area contributed by atoms with Crippen molar-refractivity contribution in [2.24, 2.45) is 11.8 Å². The van der Waals surface area contributed by atoms with Gasteiger partial charge in [-0.2, -0.15) is 0 Å². The summed E-state index contributed by atoms with van der Waals surface area (Å²) in [6, 6.07) is 13.3. The van der Waals surface area contributed by atoms with Crippen molar-refractivity contribution in [2.75, 3.05) is 0 Å². The summed E-state index contributed by atoms with van der Waals surface area (Å²) >= 11 is 0. The lowest BCUT2D eigenvalue weighted by Crippen LogP contribution is -2.27. The topological polar surface area (TPSA) is 17.1 Å². The third-order valence-corrected chi connectivity index (χ3v) is 8.42. The van der Waals surface area contributed by atoms with Gasteiger partial charge in [0.15, 0.2) is 0 Å². The molecule has 4 rings (SSSR count). The van der Waals surface area contributed by atoms with Crippen LogP contribution in [0.2, 0.25) is 0 Å². The number of hydrogen-bond donors (Lipinski definition) is 0. The standard InChI is InChI=1S/C29H38O/c1-19-9-5-15-26(21(19)3)28(23-11-7-12-23)17-25(30)18-29(24-13-8-14-24)27-16-6-10-20(2)22(27)4/h5-6,9-10,15-16,23-24,28-29H,7-8,11-14,17-18H2,1-4H3/t28-,29+. The third kappa shape index (κ3) is 4.27. The maximum atomic E-state index is 13.5. The van der Waals surface area contributed by atoms with Crippen molar-refractivity contribution >= 4 is 5.78 Å². The lowest BCUT2D eigenvalue weighted by molar-refractivity contribution is -0.120. The number of Topliss-reactive ketones (excluding diaryl/α,β-unsaturated/α-hetero) is 1. The van der Waals surface area contributed by atoms with Crippen molar-refractivity contribution < 1.29 is 4.79 Å². The van der Waals surface area contributed by atoms with Crippen LogP contribution in [0, 0.1) is 39.5 Å². The summed E-state index contributed by atoms with van der Waals surface area (Å²) in [5.74, 6) is 2.68. The zero-order chi connectivity index (χ0) is 21.3. The van der Waals surface area contributed by atoms with E-state index in [1.54, 1.807) is 0 Å². The fourth-order valence-corrected chi connectivity index (χ4v) is 5.67. The van der Waals surface area contributed by atoms with Gasteiger partial charge < -0.3 is 0 Å². The average molecular weight is 403 g/mol. The normalized spacial score (nSPS) is 19.1. The van der Waals surface area contributed by atoms with E-state index in [0.717, 1.165) is 12.8 Å². The van der Waals surface area contributed by atoms with Crippen LogP contribution in [0.15, 0.2) is 36.4 Å². The van der Waals surface area contributed by atoms with Gasteiger partial charge >= 0.3 is 0 Å². The van der Waals surface area contributed by atoms with Gasteiger partial charge in [-0.15, -0.1) is 0 Å². The van der Waals surface area contributed by atoms with E-state index in [2.05, 4.69) is 64.1 Å². The molecule has 2 aromatic carbocycles. The predicted molar refractivity (Wildman–Crippen MR) is 126 cm³/mol. The highest BCUT2D eigenvalue weighted by atomic mass is 16.1. The number of benzene rings is 2. The fraction of sp³-hybridized carbons (Fsp3) is 0.552. The maximum absolute atomic E-state index is 13.5. The quantitative estimate of drug-likeness (QED) is 0.441. The van der Waals surface area contributed by atoms with Crippen molar-refractivity contribution in [2.45, 2.75) is 90.9 Å². The summed E-state index contributed by atoms with van der Waals surface area (Å²) in [5.41, 5.74) is 8.36. The van der Waals surface area contributed by atoms with E-state index in [1.807, 2.05) is 0 Å². The number of rotatable bonds is 8. The Bertz CT molecular complexity index is 827. The second-order valence-corrected chi connectivity index (χ2v) is 10.1. The highest BCUT2D eigenvalue weighted by molar-refractivity contribution is 5.80. The molecule has 1 nitrogen and oxygen atoms in total. The highest BCUT2D eigenvalue weighted by Gasteiger charge is 2.34. The van der Waals surface area contributed by atoms with Crippen LogP contribution in [0.4, 0.5) is 0 Å². The zero-order valence-electron chi connectivity index (χ0n) is 19.3. The Kier molecular flexibility index (Phi) is 6.46. The minimum absolute atomic E-state index is 0.409.